The minimum atomic E-state index is -0.632. The third-order valence-electron chi connectivity index (χ3n) is 3.41. The fraction of sp³-hybridized carbons (Fsp3) is 0. The molecule has 0 bridgehead atoms. The van der Waals surface area contributed by atoms with E-state index in [1.807, 2.05) is 0 Å². The van der Waals surface area contributed by atoms with Crippen molar-refractivity contribution in [1.29, 1.82) is 0 Å². The molecule has 0 aliphatic heterocycles. The maximum atomic E-state index is 13.5. The molecule has 0 radical (unpaired) electrons. The quantitative estimate of drug-likeness (QED) is 0.441. The lowest BCUT2D eigenvalue weighted by Gasteiger charge is -2.08. The molecule has 0 amide bonds. The third-order valence-corrected chi connectivity index (χ3v) is 3.41. The first-order valence-electron chi connectivity index (χ1n) is 5.98. The zero-order valence-corrected chi connectivity index (χ0v) is 10.1. The van der Waals surface area contributed by atoms with Gasteiger partial charge < -0.3 is 0 Å². The molecule has 2 nitrogen and oxygen atoms in total. The van der Waals surface area contributed by atoms with E-state index in [-0.39, 0.29) is 0 Å². The van der Waals surface area contributed by atoms with E-state index in [4.69, 9.17) is 0 Å². The second kappa shape index (κ2) is 3.72. The van der Waals surface area contributed by atoms with E-state index in [0.29, 0.717) is 27.3 Å². The predicted molar refractivity (Wildman–Crippen MR) is 70.1 cm³/mol. The molecule has 4 aromatic rings. The summed E-state index contributed by atoms with van der Waals surface area (Å²) in [7, 11) is 0. The van der Waals surface area contributed by atoms with Crippen molar-refractivity contribution in [3.05, 3.63) is 60.2 Å². The van der Waals surface area contributed by atoms with Crippen LogP contribution in [0.5, 0.6) is 0 Å². The van der Waals surface area contributed by atoms with Crippen LogP contribution in [0.3, 0.4) is 0 Å². The van der Waals surface area contributed by atoms with Crippen LogP contribution in [-0.4, -0.2) is 9.38 Å². The number of halogens is 3. The molecular formula is C15H7F3N2. The van der Waals surface area contributed by atoms with Crippen LogP contribution in [0.4, 0.5) is 13.2 Å². The lowest BCUT2D eigenvalue weighted by Crippen LogP contribution is -1.91. The van der Waals surface area contributed by atoms with Crippen molar-refractivity contribution in [3.8, 4) is 0 Å². The highest BCUT2D eigenvalue weighted by Gasteiger charge is 2.12. The fourth-order valence-corrected chi connectivity index (χ4v) is 2.59. The van der Waals surface area contributed by atoms with Crippen LogP contribution in [0.25, 0.3) is 27.3 Å². The zero-order valence-electron chi connectivity index (χ0n) is 10.1. The van der Waals surface area contributed by atoms with Crippen molar-refractivity contribution in [3.63, 3.8) is 0 Å². The van der Waals surface area contributed by atoms with E-state index in [1.165, 1.54) is 42.6 Å². The predicted octanol–water partition coefficient (Wildman–Crippen LogP) is 4.06. The van der Waals surface area contributed by atoms with Crippen molar-refractivity contribution in [2.45, 2.75) is 0 Å². The Morgan fingerprint density at radius 1 is 0.800 bits per heavy atom. The Morgan fingerprint density at radius 2 is 1.50 bits per heavy atom. The van der Waals surface area contributed by atoms with Crippen molar-refractivity contribution in [2.75, 3.05) is 0 Å². The van der Waals surface area contributed by atoms with Gasteiger partial charge in [0, 0.05) is 10.8 Å². The largest absolute Gasteiger partial charge is 0.296 e. The van der Waals surface area contributed by atoms with Gasteiger partial charge in [-0.3, -0.25) is 4.40 Å². The molecule has 2 aromatic carbocycles. The summed E-state index contributed by atoms with van der Waals surface area (Å²) in [5.41, 5.74) is 0.965. The molecule has 0 fully saturated rings. The maximum absolute atomic E-state index is 13.5. The molecule has 0 spiro atoms. The standard InChI is InChI=1S/C15H7F3N2/c16-8-1-3-10-11(5-8)12-6-9(17)2-4-13(12)20-7-14(18)19-15(10)20/h1-7H. The number of rotatable bonds is 0. The SMILES string of the molecule is Fc1ccc2c(c1)c1cc(F)ccc1n1cc(F)nc21. The Labute approximate surface area is 111 Å². The van der Waals surface area contributed by atoms with Crippen LogP contribution >= 0.6 is 0 Å². The highest BCUT2D eigenvalue weighted by atomic mass is 19.1. The molecule has 0 saturated heterocycles. The minimum absolute atomic E-state index is 0.386. The van der Waals surface area contributed by atoms with Crippen molar-refractivity contribution >= 4 is 27.3 Å². The average molecular weight is 272 g/mol. The summed E-state index contributed by atoms with van der Waals surface area (Å²) in [6, 6.07) is 8.24. The van der Waals surface area contributed by atoms with Gasteiger partial charge in [0.25, 0.3) is 0 Å². The van der Waals surface area contributed by atoms with Crippen LogP contribution in [0.15, 0.2) is 42.6 Å². The number of fused-ring (bicyclic) bond motifs is 6. The van der Waals surface area contributed by atoms with Crippen LogP contribution in [0.2, 0.25) is 0 Å². The molecule has 2 heterocycles. The van der Waals surface area contributed by atoms with Gasteiger partial charge in [-0.15, -0.1) is 0 Å². The van der Waals surface area contributed by atoms with Gasteiger partial charge in [0.15, 0.2) is 0 Å². The first kappa shape index (κ1) is 11.3. The number of benzene rings is 2. The van der Waals surface area contributed by atoms with Gasteiger partial charge in [-0.1, -0.05) is 0 Å². The van der Waals surface area contributed by atoms with E-state index in [2.05, 4.69) is 4.98 Å². The highest BCUT2D eigenvalue weighted by Crippen LogP contribution is 2.30. The Kier molecular flexibility index (Phi) is 2.10. The van der Waals surface area contributed by atoms with E-state index in [9.17, 15) is 13.2 Å². The molecule has 0 N–H and O–H groups in total. The van der Waals surface area contributed by atoms with Crippen LogP contribution in [0.1, 0.15) is 0 Å². The summed E-state index contributed by atoms with van der Waals surface area (Å²) < 4.78 is 42.0. The summed E-state index contributed by atoms with van der Waals surface area (Å²) in [6.45, 7) is 0. The van der Waals surface area contributed by atoms with Crippen LogP contribution in [-0.2, 0) is 0 Å². The molecule has 98 valence electrons. The second-order valence-corrected chi connectivity index (χ2v) is 4.61. The van der Waals surface area contributed by atoms with Crippen molar-refractivity contribution in [1.82, 2.24) is 9.38 Å². The number of aromatic nitrogens is 2. The average Bonchev–Trinajstić information content (AvgIpc) is 2.80. The van der Waals surface area contributed by atoms with Crippen molar-refractivity contribution in [2.24, 2.45) is 0 Å². The van der Waals surface area contributed by atoms with Gasteiger partial charge in [0.2, 0.25) is 5.95 Å². The number of imidazole rings is 1. The maximum Gasteiger partial charge on any atom is 0.231 e. The van der Waals surface area contributed by atoms with Gasteiger partial charge >= 0.3 is 0 Å². The number of hydrogen-bond donors (Lipinski definition) is 0. The van der Waals surface area contributed by atoms with E-state index >= 15 is 0 Å². The van der Waals surface area contributed by atoms with E-state index in [1.54, 1.807) is 4.40 Å². The van der Waals surface area contributed by atoms with E-state index < -0.39 is 17.6 Å². The molecule has 0 unspecified atom stereocenters. The van der Waals surface area contributed by atoms with E-state index in [0.717, 1.165) is 0 Å². The van der Waals surface area contributed by atoms with Gasteiger partial charge in [-0.05, 0) is 41.8 Å². The molecule has 0 saturated carbocycles. The molecule has 0 aliphatic carbocycles. The van der Waals surface area contributed by atoms with Gasteiger partial charge in [-0.25, -0.2) is 8.78 Å². The molecular weight excluding hydrogens is 265 g/mol. The summed E-state index contributed by atoms with van der Waals surface area (Å²) in [5, 5.41) is 1.61. The van der Waals surface area contributed by atoms with Crippen LogP contribution in [0, 0.1) is 17.6 Å². The fourth-order valence-electron chi connectivity index (χ4n) is 2.59. The molecule has 0 atom stereocenters. The zero-order chi connectivity index (χ0) is 13.9. The lowest BCUT2D eigenvalue weighted by molar-refractivity contribution is 0.592. The summed E-state index contributed by atoms with van der Waals surface area (Å²) >= 11 is 0. The Bertz CT molecular complexity index is 910. The third kappa shape index (κ3) is 1.43. The van der Waals surface area contributed by atoms with Gasteiger partial charge in [0.1, 0.15) is 17.3 Å². The topological polar surface area (TPSA) is 17.3 Å². The van der Waals surface area contributed by atoms with Gasteiger partial charge in [0.05, 0.1) is 11.7 Å². The first-order valence-corrected chi connectivity index (χ1v) is 5.98. The second-order valence-electron chi connectivity index (χ2n) is 4.61. The summed E-state index contributed by atoms with van der Waals surface area (Å²) in [5.74, 6) is -1.49. The van der Waals surface area contributed by atoms with Gasteiger partial charge in [-0.2, -0.15) is 9.37 Å². The highest BCUT2D eigenvalue weighted by molar-refractivity contribution is 6.11. The Morgan fingerprint density at radius 3 is 2.30 bits per heavy atom. The summed E-state index contributed by atoms with van der Waals surface area (Å²) in [4.78, 5) is 3.82. The number of nitrogens with zero attached hydrogens (tertiary/aromatic N) is 2. The smallest absolute Gasteiger partial charge is 0.231 e. The Hall–Kier alpha value is -2.56. The molecule has 4 rings (SSSR count). The monoisotopic (exact) mass is 272 g/mol. The van der Waals surface area contributed by atoms with Crippen LogP contribution < -0.4 is 0 Å². The molecule has 2 aromatic heterocycles. The summed E-state index contributed by atoms with van der Waals surface area (Å²) in [6.07, 6.45) is 1.23. The molecule has 20 heavy (non-hydrogen) atoms. The number of pyridine rings is 1. The van der Waals surface area contributed by atoms with Crippen molar-refractivity contribution < 1.29 is 13.2 Å². The minimum Gasteiger partial charge on any atom is -0.296 e. The lowest BCUT2D eigenvalue weighted by atomic mass is 10.1. The molecule has 5 heteroatoms. The molecule has 0 aliphatic rings. The number of hydrogen-bond acceptors (Lipinski definition) is 1. The Balaban J connectivity index is 2.40. The first-order chi connectivity index (χ1) is 9.63. The normalized spacial score (nSPS) is 11.8.